The van der Waals surface area contributed by atoms with Gasteiger partial charge < -0.3 is 41.0 Å². The van der Waals surface area contributed by atoms with Crippen molar-refractivity contribution >= 4 is 24.1 Å². The maximum absolute atomic E-state index is 11.9. The monoisotopic (exact) mass is 588 g/mol. The Kier molecular flexibility index (Phi) is 13.9. The molecular formula is C30H44N4O8. The van der Waals surface area contributed by atoms with E-state index in [9.17, 15) is 19.2 Å². The summed E-state index contributed by atoms with van der Waals surface area (Å²) in [5.74, 6) is -1.22. The Balaban J connectivity index is 0.000000420. The van der Waals surface area contributed by atoms with Crippen LogP contribution in [-0.2, 0) is 28.5 Å². The Morgan fingerprint density at radius 2 is 0.881 bits per heavy atom. The zero-order valence-corrected chi connectivity index (χ0v) is 25.5. The second kappa shape index (κ2) is 16.3. The SMILES string of the molecule is COC(=O)[C@@H](N)[C@H](NC(=O)OC(C)(C)C)c1ccccc1.COC(=O)[C@H](N)[C@@H](NC(=O)OC(C)(C)C)c1ccccc1. The minimum Gasteiger partial charge on any atom is -0.468 e. The van der Waals surface area contributed by atoms with Crippen molar-refractivity contribution < 1.29 is 38.1 Å². The fourth-order valence-electron chi connectivity index (χ4n) is 3.50. The molecule has 0 bridgehead atoms. The summed E-state index contributed by atoms with van der Waals surface area (Å²) in [6.07, 6.45) is -1.29. The standard InChI is InChI=1S/2C15H22N2O4/c2*1-15(2,3)21-14(19)17-12(11(16)13(18)20-4)10-8-6-5-7-9-10/h2*5-9,11-12H,16H2,1-4H3,(H,17,19)/t2*11-,12+/m10/s1. The number of hydrogen-bond acceptors (Lipinski definition) is 10. The van der Waals surface area contributed by atoms with E-state index in [0.717, 1.165) is 0 Å². The van der Waals surface area contributed by atoms with Gasteiger partial charge in [-0.15, -0.1) is 0 Å². The number of hydrogen-bond donors (Lipinski definition) is 4. The first-order chi connectivity index (χ1) is 19.5. The molecule has 12 heteroatoms. The lowest BCUT2D eigenvalue weighted by Crippen LogP contribution is -2.47. The Labute approximate surface area is 247 Å². The molecule has 2 aromatic carbocycles. The molecule has 0 heterocycles. The average Bonchev–Trinajstić information content (AvgIpc) is 2.92. The van der Waals surface area contributed by atoms with Crippen molar-refractivity contribution in [3.63, 3.8) is 0 Å². The molecule has 0 fully saturated rings. The maximum Gasteiger partial charge on any atom is 0.408 e. The van der Waals surface area contributed by atoms with Crippen molar-refractivity contribution in [2.24, 2.45) is 11.5 Å². The number of amides is 2. The number of methoxy groups -OCH3 is 2. The molecule has 0 aromatic heterocycles. The lowest BCUT2D eigenvalue weighted by Gasteiger charge is -2.26. The summed E-state index contributed by atoms with van der Waals surface area (Å²) < 4.78 is 19.7. The Hall–Kier alpha value is -4.16. The van der Waals surface area contributed by atoms with Crippen molar-refractivity contribution in [2.45, 2.75) is 76.9 Å². The molecule has 6 N–H and O–H groups in total. The van der Waals surface area contributed by atoms with E-state index in [-0.39, 0.29) is 0 Å². The highest BCUT2D eigenvalue weighted by molar-refractivity contribution is 5.79. The number of ether oxygens (including phenoxy) is 4. The van der Waals surface area contributed by atoms with Crippen LogP contribution in [0.15, 0.2) is 60.7 Å². The van der Waals surface area contributed by atoms with E-state index in [1.807, 2.05) is 12.1 Å². The number of esters is 2. The van der Waals surface area contributed by atoms with Crippen LogP contribution in [0.5, 0.6) is 0 Å². The molecule has 2 rings (SSSR count). The first-order valence-electron chi connectivity index (χ1n) is 13.2. The van der Waals surface area contributed by atoms with Crippen LogP contribution in [0.2, 0.25) is 0 Å². The van der Waals surface area contributed by atoms with Crippen molar-refractivity contribution in [1.82, 2.24) is 10.6 Å². The highest BCUT2D eigenvalue weighted by Crippen LogP contribution is 2.19. The van der Waals surface area contributed by atoms with Gasteiger partial charge in [0.25, 0.3) is 0 Å². The van der Waals surface area contributed by atoms with E-state index in [1.54, 1.807) is 90.1 Å². The van der Waals surface area contributed by atoms with Crippen LogP contribution >= 0.6 is 0 Å². The highest BCUT2D eigenvalue weighted by Gasteiger charge is 2.31. The normalized spacial score (nSPS) is 14.0. The second-order valence-corrected chi connectivity index (χ2v) is 11.2. The smallest absolute Gasteiger partial charge is 0.408 e. The third-order valence-corrected chi connectivity index (χ3v) is 5.33. The quantitative estimate of drug-likeness (QED) is 0.263. The molecule has 4 atom stereocenters. The molecule has 12 nitrogen and oxygen atoms in total. The molecule has 0 unspecified atom stereocenters. The fraction of sp³-hybridized carbons (Fsp3) is 0.467. The molecule has 2 amide bonds. The van der Waals surface area contributed by atoms with Crippen LogP contribution in [-0.4, -0.2) is 61.6 Å². The van der Waals surface area contributed by atoms with Gasteiger partial charge in [0, 0.05) is 0 Å². The van der Waals surface area contributed by atoms with Crippen LogP contribution < -0.4 is 22.1 Å². The lowest BCUT2D eigenvalue weighted by atomic mass is 10.00. The predicted octanol–water partition coefficient (Wildman–Crippen LogP) is 3.51. The number of alkyl carbamates (subject to hydrolysis) is 2. The maximum atomic E-state index is 11.9. The van der Waals surface area contributed by atoms with Crippen molar-refractivity contribution in [2.75, 3.05) is 14.2 Å². The zero-order valence-electron chi connectivity index (χ0n) is 25.5. The molecule has 2 aromatic rings. The number of nitrogens with two attached hydrogens (primary N) is 2. The van der Waals surface area contributed by atoms with E-state index in [4.69, 9.17) is 20.9 Å². The first kappa shape index (κ1) is 35.9. The minimum atomic E-state index is -1.02. The number of carbonyl (C=O) groups is 4. The number of carbonyl (C=O) groups excluding carboxylic acids is 4. The van der Waals surface area contributed by atoms with E-state index < -0.39 is 59.5 Å². The molecule has 0 saturated heterocycles. The largest absolute Gasteiger partial charge is 0.468 e. The molecule has 0 aliphatic carbocycles. The molecule has 0 radical (unpaired) electrons. The summed E-state index contributed by atoms with van der Waals surface area (Å²) in [5, 5.41) is 5.24. The van der Waals surface area contributed by atoms with Crippen LogP contribution in [0.25, 0.3) is 0 Å². The van der Waals surface area contributed by atoms with Gasteiger partial charge in [0.1, 0.15) is 23.3 Å². The van der Waals surface area contributed by atoms with Crippen molar-refractivity contribution in [3.8, 4) is 0 Å². The molecule has 0 saturated carbocycles. The van der Waals surface area contributed by atoms with Crippen LogP contribution in [0.1, 0.15) is 64.8 Å². The van der Waals surface area contributed by atoms with Gasteiger partial charge in [0.2, 0.25) is 0 Å². The van der Waals surface area contributed by atoms with E-state index in [2.05, 4.69) is 20.1 Å². The Morgan fingerprint density at radius 3 is 1.12 bits per heavy atom. The van der Waals surface area contributed by atoms with Gasteiger partial charge in [-0.25, -0.2) is 9.59 Å². The van der Waals surface area contributed by atoms with Gasteiger partial charge in [-0.3, -0.25) is 9.59 Å². The average molecular weight is 589 g/mol. The third-order valence-electron chi connectivity index (χ3n) is 5.33. The fourth-order valence-corrected chi connectivity index (χ4v) is 3.50. The van der Waals surface area contributed by atoms with Crippen LogP contribution in [0.4, 0.5) is 9.59 Å². The summed E-state index contributed by atoms with van der Waals surface area (Å²) >= 11 is 0. The summed E-state index contributed by atoms with van der Waals surface area (Å²) in [5.41, 5.74) is 11.9. The van der Waals surface area contributed by atoms with Gasteiger partial charge >= 0.3 is 24.1 Å². The van der Waals surface area contributed by atoms with Gasteiger partial charge in [0.15, 0.2) is 0 Å². The van der Waals surface area contributed by atoms with E-state index >= 15 is 0 Å². The highest BCUT2D eigenvalue weighted by atomic mass is 16.6. The van der Waals surface area contributed by atoms with Crippen LogP contribution in [0.3, 0.4) is 0 Å². The van der Waals surface area contributed by atoms with Gasteiger partial charge in [-0.1, -0.05) is 60.7 Å². The van der Waals surface area contributed by atoms with E-state index in [1.165, 1.54) is 14.2 Å². The number of nitrogens with one attached hydrogen (secondary N) is 2. The number of rotatable bonds is 8. The van der Waals surface area contributed by atoms with Gasteiger partial charge in [-0.05, 0) is 52.7 Å². The molecule has 0 spiro atoms. The zero-order chi connectivity index (χ0) is 32.1. The summed E-state index contributed by atoms with van der Waals surface area (Å²) in [6.45, 7) is 10.5. The number of benzene rings is 2. The molecule has 0 aliphatic heterocycles. The van der Waals surface area contributed by atoms with Crippen molar-refractivity contribution in [3.05, 3.63) is 71.8 Å². The molecule has 232 valence electrons. The second-order valence-electron chi connectivity index (χ2n) is 11.2. The molecule has 42 heavy (non-hydrogen) atoms. The summed E-state index contributed by atoms with van der Waals surface area (Å²) in [4.78, 5) is 47.1. The van der Waals surface area contributed by atoms with E-state index in [0.29, 0.717) is 11.1 Å². The summed E-state index contributed by atoms with van der Waals surface area (Å²) in [7, 11) is 2.50. The van der Waals surface area contributed by atoms with Crippen molar-refractivity contribution in [1.29, 1.82) is 0 Å². The minimum absolute atomic E-state index is 0.611. The van der Waals surface area contributed by atoms with Crippen LogP contribution in [0, 0.1) is 0 Å². The van der Waals surface area contributed by atoms with Gasteiger partial charge in [-0.2, -0.15) is 0 Å². The first-order valence-corrected chi connectivity index (χ1v) is 13.2. The predicted molar refractivity (Wildman–Crippen MR) is 157 cm³/mol. The lowest BCUT2D eigenvalue weighted by molar-refractivity contribution is -0.143. The molecule has 0 aliphatic rings. The van der Waals surface area contributed by atoms with Gasteiger partial charge in [0.05, 0.1) is 26.3 Å². The Morgan fingerprint density at radius 1 is 0.595 bits per heavy atom. The topological polar surface area (TPSA) is 181 Å². The Bertz CT molecular complexity index is 1060. The summed E-state index contributed by atoms with van der Waals surface area (Å²) in [6, 6.07) is 14.4. The third kappa shape index (κ3) is 13.0. The molecular weight excluding hydrogens is 544 g/mol.